The smallest absolute Gasteiger partial charge is 0.122 e. The second-order valence-corrected chi connectivity index (χ2v) is 6.06. The number of thioether (sulfide) groups is 1. The average molecular weight is 297 g/mol. The van der Waals surface area contributed by atoms with E-state index in [2.05, 4.69) is 17.4 Å². The maximum absolute atomic E-state index is 5.81. The van der Waals surface area contributed by atoms with Gasteiger partial charge in [-0.05, 0) is 24.7 Å². The first kappa shape index (κ1) is 15.4. The van der Waals surface area contributed by atoms with E-state index in [0.717, 1.165) is 29.4 Å². The lowest BCUT2D eigenvalue weighted by Crippen LogP contribution is -2.49. The lowest BCUT2D eigenvalue weighted by atomic mass is 9.99. The minimum Gasteiger partial charge on any atom is -0.497 e. The molecule has 20 heavy (non-hydrogen) atoms. The van der Waals surface area contributed by atoms with E-state index in [4.69, 9.17) is 15.3 Å². The molecular formula is C14H23N3O2S. The molecule has 0 spiro atoms. The average Bonchev–Trinajstić information content (AvgIpc) is 2.49. The number of rotatable bonds is 5. The van der Waals surface area contributed by atoms with E-state index in [0.29, 0.717) is 6.04 Å². The SMILES string of the molecule is COc1cc(OC)cc(C(NN)C2CSCCN2C)c1. The molecule has 1 aromatic carbocycles. The summed E-state index contributed by atoms with van der Waals surface area (Å²) in [4.78, 5) is 2.35. The maximum atomic E-state index is 5.81. The van der Waals surface area contributed by atoms with Gasteiger partial charge >= 0.3 is 0 Å². The molecule has 6 heteroatoms. The molecule has 5 nitrogen and oxygen atoms in total. The van der Waals surface area contributed by atoms with Gasteiger partial charge in [-0.1, -0.05) is 0 Å². The summed E-state index contributed by atoms with van der Waals surface area (Å²) in [5.41, 5.74) is 4.04. The predicted molar refractivity (Wildman–Crippen MR) is 83.4 cm³/mol. The monoisotopic (exact) mass is 297 g/mol. The van der Waals surface area contributed by atoms with Crippen LogP contribution in [0.5, 0.6) is 11.5 Å². The second-order valence-electron chi connectivity index (χ2n) is 4.91. The van der Waals surface area contributed by atoms with Gasteiger partial charge < -0.3 is 9.47 Å². The van der Waals surface area contributed by atoms with Gasteiger partial charge in [0.05, 0.1) is 20.3 Å². The van der Waals surface area contributed by atoms with Crippen molar-refractivity contribution in [3.8, 4) is 11.5 Å². The molecule has 1 heterocycles. The van der Waals surface area contributed by atoms with E-state index in [1.54, 1.807) is 14.2 Å². The summed E-state index contributed by atoms with van der Waals surface area (Å²) in [5, 5.41) is 0. The van der Waals surface area contributed by atoms with Crippen molar-refractivity contribution >= 4 is 11.8 Å². The van der Waals surface area contributed by atoms with Gasteiger partial charge in [0.1, 0.15) is 11.5 Å². The van der Waals surface area contributed by atoms with Crippen LogP contribution < -0.4 is 20.7 Å². The van der Waals surface area contributed by atoms with Gasteiger partial charge in [0.25, 0.3) is 0 Å². The minimum atomic E-state index is 0.0526. The molecule has 112 valence electrons. The molecule has 0 aliphatic carbocycles. The van der Waals surface area contributed by atoms with Gasteiger partial charge in [-0.3, -0.25) is 16.2 Å². The number of nitrogens with zero attached hydrogens (tertiary/aromatic N) is 1. The first-order chi connectivity index (χ1) is 9.69. The zero-order chi connectivity index (χ0) is 14.5. The Morgan fingerprint density at radius 3 is 2.45 bits per heavy atom. The first-order valence-electron chi connectivity index (χ1n) is 6.66. The van der Waals surface area contributed by atoms with E-state index in [1.807, 2.05) is 30.0 Å². The van der Waals surface area contributed by atoms with Gasteiger partial charge in [-0.15, -0.1) is 0 Å². The van der Waals surface area contributed by atoms with Gasteiger partial charge in [0, 0.05) is 30.2 Å². The molecule has 3 N–H and O–H groups in total. The second kappa shape index (κ2) is 7.17. The Bertz CT molecular complexity index is 422. The van der Waals surface area contributed by atoms with Crippen LogP contribution in [0.4, 0.5) is 0 Å². The Hall–Kier alpha value is -0.950. The summed E-state index contributed by atoms with van der Waals surface area (Å²) in [6.07, 6.45) is 0. The third kappa shape index (κ3) is 3.38. The third-order valence-electron chi connectivity index (χ3n) is 3.74. The minimum absolute atomic E-state index is 0.0526. The lowest BCUT2D eigenvalue weighted by molar-refractivity contribution is 0.216. The normalized spacial score (nSPS) is 21.5. The summed E-state index contributed by atoms with van der Waals surface area (Å²) in [5.74, 6) is 9.61. The highest BCUT2D eigenvalue weighted by Crippen LogP contribution is 2.31. The standard InChI is InChI=1S/C14H23N3O2S/c1-17-4-5-20-9-13(17)14(16-15)10-6-11(18-2)8-12(7-10)19-3/h6-8,13-14,16H,4-5,9,15H2,1-3H3. The third-order valence-corrected chi connectivity index (χ3v) is 4.79. The van der Waals surface area contributed by atoms with Crippen molar-refractivity contribution in [2.75, 3.05) is 39.3 Å². The maximum Gasteiger partial charge on any atom is 0.122 e. The fourth-order valence-electron chi connectivity index (χ4n) is 2.49. The highest BCUT2D eigenvalue weighted by Gasteiger charge is 2.29. The highest BCUT2D eigenvalue weighted by molar-refractivity contribution is 7.99. The summed E-state index contributed by atoms with van der Waals surface area (Å²) >= 11 is 1.97. The van der Waals surface area contributed by atoms with Crippen molar-refractivity contribution in [2.45, 2.75) is 12.1 Å². The van der Waals surface area contributed by atoms with Crippen molar-refractivity contribution < 1.29 is 9.47 Å². The Labute approximate surface area is 124 Å². The van der Waals surface area contributed by atoms with Crippen LogP contribution in [0, 0.1) is 0 Å². The number of hydrogen-bond donors (Lipinski definition) is 2. The van der Waals surface area contributed by atoms with E-state index >= 15 is 0 Å². The molecule has 0 saturated carbocycles. The number of likely N-dealkylation sites (N-methyl/N-ethyl adjacent to an activating group) is 1. The Morgan fingerprint density at radius 2 is 1.95 bits per heavy atom. The molecule has 1 aromatic rings. The van der Waals surface area contributed by atoms with Crippen molar-refractivity contribution in [3.63, 3.8) is 0 Å². The molecule has 1 saturated heterocycles. The molecule has 2 unspecified atom stereocenters. The zero-order valence-electron chi connectivity index (χ0n) is 12.3. The van der Waals surface area contributed by atoms with Crippen LogP contribution in [0.25, 0.3) is 0 Å². The van der Waals surface area contributed by atoms with Crippen LogP contribution in [0.1, 0.15) is 11.6 Å². The molecule has 2 atom stereocenters. The molecule has 0 bridgehead atoms. The first-order valence-corrected chi connectivity index (χ1v) is 7.82. The molecule has 0 radical (unpaired) electrons. The summed E-state index contributed by atoms with van der Waals surface area (Å²) in [6.45, 7) is 1.08. The molecule has 1 fully saturated rings. The number of nitrogens with one attached hydrogen (secondary N) is 1. The molecule has 1 aliphatic rings. The van der Waals surface area contributed by atoms with Crippen molar-refractivity contribution in [3.05, 3.63) is 23.8 Å². The Morgan fingerprint density at radius 1 is 1.30 bits per heavy atom. The van der Waals surface area contributed by atoms with Crippen molar-refractivity contribution in [1.29, 1.82) is 0 Å². The number of methoxy groups -OCH3 is 2. The van der Waals surface area contributed by atoms with Gasteiger partial charge in [-0.25, -0.2) is 0 Å². The number of ether oxygens (including phenoxy) is 2. The number of hydrazine groups is 1. The summed E-state index contributed by atoms with van der Waals surface area (Å²) < 4.78 is 10.7. The Kier molecular flexibility index (Phi) is 5.54. The largest absolute Gasteiger partial charge is 0.497 e. The van der Waals surface area contributed by atoms with Crippen LogP contribution >= 0.6 is 11.8 Å². The number of nitrogens with two attached hydrogens (primary N) is 1. The zero-order valence-corrected chi connectivity index (χ0v) is 13.1. The van der Waals surface area contributed by atoms with Crippen molar-refractivity contribution in [1.82, 2.24) is 10.3 Å². The topological polar surface area (TPSA) is 59.8 Å². The summed E-state index contributed by atoms with van der Waals surface area (Å²) in [6, 6.07) is 6.31. The van der Waals surface area contributed by atoms with Crippen LogP contribution in [-0.2, 0) is 0 Å². The fourth-order valence-corrected chi connectivity index (χ4v) is 3.77. The molecule has 2 rings (SSSR count). The fraction of sp³-hybridized carbons (Fsp3) is 0.571. The van der Waals surface area contributed by atoms with Crippen LogP contribution in [0.2, 0.25) is 0 Å². The lowest BCUT2D eigenvalue weighted by Gasteiger charge is -2.37. The number of benzene rings is 1. The Balaban J connectivity index is 2.30. The quantitative estimate of drug-likeness (QED) is 0.630. The highest BCUT2D eigenvalue weighted by atomic mass is 32.2. The van der Waals surface area contributed by atoms with E-state index in [9.17, 15) is 0 Å². The van der Waals surface area contributed by atoms with E-state index in [1.165, 1.54) is 5.75 Å². The molecule has 0 amide bonds. The van der Waals surface area contributed by atoms with E-state index in [-0.39, 0.29) is 6.04 Å². The van der Waals surface area contributed by atoms with Crippen LogP contribution in [0.3, 0.4) is 0 Å². The van der Waals surface area contributed by atoms with Crippen molar-refractivity contribution in [2.24, 2.45) is 5.84 Å². The summed E-state index contributed by atoms with van der Waals surface area (Å²) in [7, 11) is 5.46. The molecular weight excluding hydrogens is 274 g/mol. The van der Waals surface area contributed by atoms with Gasteiger partial charge in [-0.2, -0.15) is 11.8 Å². The van der Waals surface area contributed by atoms with E-state index < -0.39 is 0 Å². The van der Waals surface area contributed by atoms with Gasteiger partial charge in [0.15, 0.2) is 0 Å². The van der Waals surface area contributed by atoms with Gasteiger partial charge in [0.2, 0.25) is 0 Å². The van der Waals surface area contributed by atoms with Crippen LogP contribution in [0.15, 0.2) is 18.2 Å². The molecule has 0 aromatic heterocycles. The number of hydrogen-bond acceptors (Lipinski definition) is 6. The molecule has 1 aliphatic heterocycles. The predicted octanol–water partition coefficient (Wildman–Crippen LogP) is 1.26. The van der Waals surface area contributed by atoms with Crippen LogP contribution in [-0.4, -0.2) is 50.3 Å².